The Labute approximate surface area is 204 Å². The van der Waals surface area contributed by atoms with Crippen LogP contribution in [0.5, 0.6) is 0 Å². The number of nitrogens with one attached hydrogen (secondary N) is 1. The summed E-state index contributed by atoms with van der Waals surface area (Å²) < 4.78 is 47.6. The Morgan fingerprint density at radius 2 is 1.81 bits per heavy atom. The number of benzene rings is 3. The molecule has 11 heteroatoms. The summed E-state index contributed by atoms with van der Waals surface area (Å²) in [7, 11) is 0. The second-order valence-corrected chi connectivity index (χ2v) is 8.56. The number of aromatic nitrogens is 2. The predicted octanol–water partition coefficient (Wildman–Crippen LogP) is 5.92. The van der Waals surface area contributed by atoms with Gasteiger partial charge in [-0.1, -0.05) is 6.07 Å². The molecule has 5 aromatic rings. The number of rotatable bonds is 6. The molecule has 2 aromatic heterocycles. The minimum atomic E-state index is -0.978. The number of anilines is 1. The lowest BCUT2D eigenvalue weighted by Crippen LogP contribution is -2.13. The zero-order valence-electron chi connectivity index (χ0n) is 18.1. The number of amides is 1. The lowest BCUT2D eigenvalue weighted by Gasteiger charge is -2.06. The van der Waals surface area contributed by atoms with Crippen LogP contribution in [-0.4, -0.2) is 27.0 Å². The number of hydrogen-bond donors (Lipinski definition) is 2. The fourth-order valence-electron chi connectivity index (χ4n) is 3.48. The van der Waals surface area contributed by atoms with E-state index in [0.717, 1.165) is 29.5 Å². The van der Waals surface area contributed by atoms with Crippen LogP contribution in [0.15, 0.2) is 64.4 Å². The number of halogens is 3. The van der Waals surface area contributed by atoms with Gasteiger partial charge in [0.2, 0.25) is 5.89 Å². The largest absolute Gasteiger partial charge is 0.481 e. The van der Waals surface area contributed by atoms with E-state index in [0.29, 0.717) is 22.2 Å². The van der Waals surface area contributed by atoms with E-state index in [9.17, 15) is 22.8 Å². The van der Waals surface area contributed by atoms with E-state index < -0.39 is 29.3 Å². The maximum Gasteiger partial charge on any atom is 0.307 e. The van der Waals surface area contributed by atoms with Gasteiger partial charge in [-0.15, -0.1) is 11.3 Å². The summed E-state index contributed by atoms with van der Waals surface area (Å²) in [6, 6.07) is 11.8. The van der Waals surface area contributed by atoms with Crippen molar-refractivity contribution < 1.29 is 32.3 Å². The standard InChI is InChI=1S/C25H14F3N3O4S/c26-14-3-4-15(16(27)10-14)25-31-20(11-36-25)23(34)29-18-5-2-13(9-17(18)28)24-30-19-7-12(8-22(32)33)1-6-21(19)35-24/h1-7,9-11H,8H2,(H,29,34)(H,32,33). The van der Waals surface area contributed by atoms with Gasteiger partial charge >= 0.3 is 5.97 Å². The molecular formula is C25H14F3N3O4S. The van der Waals surface area contributed by atoms with Crippen LogP contribution in [0, 0.1) is 17.5 Å². The van der Waals surface area contributed by atoms with Crippen LogP contribution < -0.4 is 5.32 Å². The normalized spacial score (nSPS) is 11.1. The van der Waals surface area contributed by atoms with Gasteiger partial charge in [-0.3, -0.25) is 9.59 Å². The number of oxazole rings is 1. The van der Waals surface area contributed by atoms with Crippen molar-refractivity contribution in [3.8, 4) is 22.0 Å². The summed E-state index contributed by atoms with van der Waals surface area (Å²) >= 11 is 0.990. The van der Waals surface area contributed by atoms with Crippen LogP contribution in [0.4, 0.5) is 18.9 Å². The summed E-state index contributed by atoms with van der Waals surface area (Å²) in [4.78, 5) is 31.9. The second-order valence-electron chi connectivity index (χ2n) is 7.70. The van der Waals surface area contributed by atoms with Crippen molar-refractivity contribution in [3.63, 3.8) is 0 Å². The number of aliphatic carboxylic acids is 1. The monoisotopic (exact) mass is 509 g/mol. The maximum atomic E-state index is 14.8. The lowest BCUT2D eigenvalue weighted by atomic mass is 10.1. The molecule has 0 aliphatic carbocycles. The Morgan fingerprint density at radius 3 is 2.56 bits per heavy atom. The predicted molar refractivity (Wildman–Crippen MR) is 126 cm³/mol. The summed E-state index contributed by atoms with van der Waals surface area (Å²) in [5.74, 6) is -3.86. The number of nitrogens with zero attached hydrogens (tertiary/aromatic N) is 2. The van der Waals surface area contributed by atoms with E-state index in [1.165, 1.54) is 23.6 Å². The van der Waals surface area contributed by atoms with Crippen molar-refractivity contribution in [2.75, 3.05) is 5.32 Å². The smallest absolute Gasteiger partial charge is 0.307 e. The molecule has 0 bridgehead atoms. The van der Waals surface area contributed by atoms with Gasteiger partial charge in [-0.05, 0) is 48.0 Å². The first kappa shape index (κ1) is 23.2. The number of hydrogen-bond acceptors (Lipinski definition) is 6. The topological polar surface area (TPSA) is 105 Å². The van der Waals surface area contributed by atoms with Crippen LogP contribution in [0.2, 0.25) is 0 Å². The fourth-order valence-corrected chi connectivity index (χ4v) is 4.31. The highest BCUT2D eigenvalue weighted by atomic mass is 32.1. The van der Waals surface area contributed by atoms with Crippen molar-refractivity contribution in [2.24, 2.45) is 0 Å². The summed E-state index contributed by atoms with van der Waals surface area (Å²) in [5, 5.41) is 12.9. The van der Waals surface area contributed by atoms with Crippen LogP contribution in [0.1, 0.15) is 16.1 Å². The second kappa shape index (κ2) is 9.27. The van der Waals surface area contributed by atoms with E-state index >= 15 is 0 Å². The molecule has 3 aromatic carbocycles. The molecule has 0 radical (unpaired) electrons. The molecule has 0 spiro atoms. The number of fused-ring (bicyclic) bond motifs is 1. The van der Waals surface area contributed by atoms with Crippen molar-refractivity contribution in [2.45, 2.75) is 6.42 Å². The van der Waals surface area contributed by atoms with E-state index in [1.54, 1.807) is 18.2 Å². The van der Waals surface area contributed by atoms with Gasteiger partial charge in [0, 0.05) is 22.6 Å². The molecule has 2 N–H and O–H groups in total. The number of carboxylic acid groups (broad SMARTS) is 1. The average Bonchev–Trinajstić information content (AvgIpc) is 3.47. The van der Waals surface area contributed by atoms with Crippen molar-refractivity contribution in [3.05, 3.63) is 88.7 Å². The Morgan fingerprint density at radius 1 is 0.972 bits per heavy atom. The maximum absolute atomic E-state index is 14.8. The molecule has 0 unspecified atom stereocenters. The Bertz CT molecular complexity index is 1650. The molecule has 0 aliphatic rings. The highest BCUT2D eigenvalue weighted by Gasteiger charge is 2.18. The number of carboxylic acids is 1. The van der Waals surface area contributed by atoms with Crippen LogP contribution in [0.25, 0.3) is 33.1 Å². The quantitative estimate of drug-likeness (QED) is 0.295. The Kier molecular flexibility index (Phi) is 5.98. The zero-order chi connectivity index (χ0) is 25.4. The first-order valence-electron chi connectivity index (χ1n) is 10.4. The minimum absolute atomic E-state index is 0.0457. The number of thiazole rings is 1. The Balaban J connectivity index is 1.34. The fraction of sp³-hybridized carbons (Fsp3) is 0.0400. The van der Waals surface area contributed by atoms with Crippen LogP contribution in [-0.2, 0) is 11.2 Å². The molecule has 7 nitrogen and oxygen atoms in total. The molecule has 180 valence electrons. The molecular weight excluding hydrogens is 495 g/mol. The summed E-state index contributed by atoms with van der Waals surface area (Å²) in [6.07, 6.45) is -0.166. The van der Waals surface area contributed by atoms with Gasteiger partial charge in [0.05, 0.1) is 12.1 Å². The zero-order valence-corrected chi connectivity index (χ0v) is 18.9. The third-order valence-corrected chi connectivity index (χ3v) is 6.05. The van der Waals surface area contributed by atoms with Gasteiger partial charge in [-0.25, -0.2) is 23.1 Å². The number of carbonyl (C=O) groups excluding carboxylic acids is 1. The molecule has 1 amide bonds. The molecule has 0 saturated heterocycles. The van der Waals surface area contributed by atoms with Gasteiger partial charge in [-0.2, -0.15) is 0 Å². The van der Waals surface area contributed by atoms with Gasteiger partial charge in [0.1, 0.15) is 33.7 Å². The van der Waals surface area contributed by atoms with Crippen molar-refractivity contribution >= 4 is 40.0 Å². The third kappa shape index (κ3) is 4.68. The van der Waals surface area contributed by atoms with E-state index in [1.807, 2.05) is 0 Å². The van der Waals surface area contributed by atoms with E-state index in [-0.39, 0.29) is 34.3 Å². The van der Waals surface area contributed by atoms with Crippen LogP contribution >= 0.6 is 11.3 Å². The first-order chi connectivity index (χ1) is 17.3. The molecule has 0 aliphatic heterocycles. The highest BCUT2D eigenvalue weighted by molar-refractivity contribution is 7.13. The lowest BCUT2D eigenvalue weighted by molar-refractivity contribution is -0.136. The van der Waals surface area contributed by atoms with Crippen LogP contribution in [0.3, 0.4) is 0 Å². The van der Waals surface area contributed by atoms with Crippen molar-refractivity contribution in [1.82, 2.24) is 9.97 Å². The molecule has 0 fully saturated rings. The molecule has 2 heterocycles. The summed E-state index contributed by atoms with van der Waals surface area (Å²) in [5.41, 5.74) is 1.57. The van der Waals surface area contributed by atoms with Gasteiger partial charge in [0.15, 0.2) is 5.58 Å². The highest BCUT2D eigenvalue weighted by Crippen LogP contribution is 2.29. The molecule has 5 rings (SSSR count). The molecule has 36 heavy (non-hydrogen) atoms. The van der Waals surface area contributed by atoms with Gasteiger partial charge in [0.25, 0.3) is 5.91 Å². The van der Waals surface area contributed by atoms with E-state index in [4.69, 9.17) is 9.52 Å². The first-order valence-corrected chi connectivity index (χ1v) is 11.3. The average molecular weight is 509 g/mol. The number of carbonyl (C=O) groups is 2. The molecule has 0 saturated carbocycles. The third-order valence-electron chi connectivity index (χ3n) is 5.17. The Hall–Kier alpha value is -4.51. The van der Waals surface area contributed by atoms with E-state index in [2.05, 4.69) is 15.3 Å². The van der Waals surface area contributed by atoms with Crippen molar-refractivity contribution in [1.29, 1.82) is 0 Å². The molecule has 0 atom stereocenters. The SMILES string of the molecule is O=C(O)Cc1ccc2oc(-c3ccc(NC(=O)c4csc(-c5ccc(F)cc5F)n4)c(F)c3)nc2c1. The summed E-state index contributed by atoms with van der Waals surface area (Å²) in [6.45, 7) is 0. The van der Waals surface area contributed by atoms with Gasteiger partial charge < -0.3 is 14.8 Å². The minimum Gasteiger partial charge on any atom is -0.481 e.